The number of amides is 1. The molecular formula is C22H30FIN4O. The van der Waals surface area contributed by atoms with E-state index in [-0.39, 0.29) is 35.7 Å². The van der Waals surface area contributed by atoms with Gasteiger partial charge in [-0.15, -0.1) is 24.0 Å². The van der Waals surface area contributed by atoms with Gasteiger partial charge in [0.25, 0.3) is 5.91 Å². The van der Waals surface area contributed by atoms with Crippen molar-refractivity contribution in [2.24, 2.45) is 4.99 Å². The molecule has 2 aromatic rings. The van der Waals surface area contributed by atoms with Gasteiger partial charge < -0.3 is 16.0 Å². The van der Waals surface area contributed by atoms with Gasteiger partial charge in [-0.3, -0.25) is 4.79 Å². The van der Waals surface area contributed by atoms with Crippen molar-refractivity contribution >= 4 is 35.8 Å². The summed E-state index contributed by atoms with van der Waals surface area (Å²) in [5.74, 6) is 0.401. The average Bonchev–Trinajstić information content (AvgIpc) is 2.72. The van der Waals surface area contributed by atoms with Crippen LogP contribution in [0.4, 0.5) is 4.39 Å². The van der Waals surface area contributed by atoms with E-state index >= 15 is 0 Å². The zero-order chi connectivity index (χ0) is 20.2. The average molecular weight is 512 g/mol. The number of hydrogen-bond acceptors (Lipinski definition) is 2. The van der Waals surface area contributed by atoms with Crippen molar-refractivity contribution in [1.29, 1.82) is 0 Å². The second-order valence-electron chi connectivity index (χ2n) is 6.48. The summed E-state index contributed by atoms with van der Waals surface area (Å²) in [6, 6.07) is 13.9. The quantitative estimate of drug-likeness (QED) is 0.204. The zero-order valence-electron chi connectivity index (χ0n) is 17.0. The molecule has 0 unspecified atom stereocenters. The van der Waals surface area contributed by atoms with E-state index in [0.29, 0.717) is 31.2 Å². The van der Waals surface area contributed by atoms with Gasteiger partial charge in [0.05, 0.1) is 6.54 Å². The first-order chi connectivity index (χ1) is 13.6. The highest BCUT2D eigenvalue weighted by molar-refractivity contribution is 14.0. The molecule has 0 saturated heterocycles. The van der Waals surface area contributed by atoms with Gasteiger partial charge in [0, 0.05) is 25.2 Å². The molecule has 0 aliphatic heterocycles. The van der Waals surface area contributed by atoms with E-state index < -0.39 is 0 Å². The Hall–Kier alpha value is -2.16. The van der Waals surface area contributed by atoms with Gasteiger partial charge in [0.1, 0.15) is 5.82 Å². The highest BCUT2D eigenvalue weighted by Gasteiger charge is 2.04. The molecule has 0 aliphatic carbocycles. The van der Waals surface area contributed by atoms with Crippen LogP contribution in [0.3, 0.4) is 0 Å². The molecular weight excluding hydrogens is 482 g/mol. The Labute approximate surface area is 189 Å². The van der Waals surface area contributed by atoms with Crippen LogP contribution in [0.25, 0.3) is 0 Å². The van der Waals surface area contributed by atoms with Crippen molar-refractivity contribution in [3.05, 3.63) is 71.0 Å². The molecule has 0 aromatic heterocycles. The van der Waals surface area contributed by atoms with E-state index in [1.54, 1.807) is 12.1 Å². The van der Waals surface area contributed by atoms with Gasteiger partial charge in [0.15, 0.2) is 5.96 Å². The molecule has 7 heteroatoms. The van der Waals surface area contributed by atoms with Gasteiger partial charge in [0.2, 0.25) is 0 Å². The fourth-order valence-electron chi connectivity index (χ4n) is 2.54. The highest BCUT2D eigenvalue weighted by Crippen LogP contribution is 2.06. The Bertz CT molecular complexity index is 763. The summed E-state index contributed by atoms with van der Waals surface area (Å²) in [6.07, 6.45) is 2.04. The maximum absolute atomic E-state index is 13.0. The second-order valence-corrected chi connectivity index (χ2v) is 6.48. The third-order valence-electron chi connectivity index (χ3n) is 4.17. The first-order valence-electron chi connectivity index (χ1n) is 9.76. The minimum absolute atomic E-state index is 0. The van der Waals surface area contributed by atoms with Crippen LogP contribution in [0.15, 0.2) is 53.5 Å². The fraction of sp³-hybridized carbons (Fsp3) is 0.364. The number of carbonyl (C=O) groups is 1. The standard InChI is InChI=1S/C22H29FN4O.HI/c1-3-5-14-25-21(28)19-10-6-17(7-11-19)15-26-22(24-4-2)27-16-18-8-12-20(23)13-9-18;/h6-13H,3-5,14-16H2,1-2H3,(H,25,28)(H2,24,26,27);1H. The number of nitrogens with zero attached hydrogens (tertiary/aromatic N) is 1. The lowest BCUT2D eigenvalue weighted by Gasteiger charge is -2.11. The van der Waals surface area contributed by atoms with E-state index in [1.165, 1.54) is 12.1 Å². The minimum Gasteiger partial charge on any atom is -0.357 e. The van der Waals surface area contributed by atoms with Crippen LogP contribution in [-0.2, 0) is 13.1 Å². The topological polar surface area (TPSA) is 65.5 Å². The number of carbonyl (C=O) groups excluding carboxylic acids is 1. The molecule has 5 nitrogen and oxygen atoms in total. The fourth-order valence-corrected chi connectivity index (χ4v) is 2.54. The summed E-state index contributed by atoms with van der Waals surface area (Å²) in [4.78, 5) is 16.6. The number of aliphatic imine (C=N–C) groups is 1. The number of unbranched alkanes of at least 4 members (excludes halogenated alkanes) is 1. The van der Waals surface area contributed by atoms with Crippen molar-refractivity contribution in [1.82, 2.24) is 16.0 Å². The summed E-state index contributed by atoms with van der Waals surface area (Å²) < 4.78 is 13.0. The summed E-state index contributed by atoms with van der Waals surface area (Å²) in [6.45, 7) is 6.59. The van der Waals surface area contributed by atoms with Crippen LogP contribution in [0, 0.1) is 5.82 Å². The number of hydrogen-bond donors (Lipinski definition) is 3. The maximum atomic E-state index is 13.0. The molecule has 0 heterocycles. The third kappa shape index (κ3) is 9.25. The van der Waals surface area contributed by atoms with Crippen LogP contribution >= 0.6 is 24.0 Å². The molecule has 0 bridgehead atoms. The van der Waals surface area contributed by atoms with Gasteiger partial charge in [-0.1, -0.05) is 37.6 Å². The van der Waals surface area contributed by atoms with Crippen LogP contribution in [-0.4, -0.2) is 25.0 Å². The number of rotatable bonds is 9. The third-order valence-corrected chi connectivity index (χ3v) is 4.17. The lowest BCUT2D eigenvalue weighted by molar-refractivity contribution is 0.0953. The highest BCUT2D eigenvalue weighted by atomic mass is 127. The molecule has 0 aliphatic rings. The molecule has 1 amide bonds. The number of benzene rings is 2. The molecule has 2 aromatic carbocycles. The zero-order valence-corrected chi connectivity index (χ0v) is 19.3. The molecule has 0 atom stereocenters. The van der Waals surface area contributed by atoms with Gasteiger partial charge in [-0.25, -0.2) is 9.38 Å². The Balaban J connectivity index is 0.00000420. The van der Waals surface area contributed by atoms with E-state index in [9.17, 15) is 9.18 Å². The molecule has 0 fully saturated rings. The molecule has 0 radical (unpaired) electrons. The summed E-state index contributed by atoms with van der Waals surface area (Å²) in [5, 5.41) is 9.34. The lowest BCUT2D eigenvalue weighted by atomic mass is 10.1. The number of nitrogens with one attached hydrogen (secondary N) is 3. The Kier molecular flexibility index (Phi) is 11.9. The maximum Gasteiger partial charge on any atom is 0.251 e. The van der Waals surface area contributed by atoms with E-state index in [1.807, 2.05) is 31.2 Å². The van der Waals surface area contributed by atoms with Gasteiger partial charge in [-0.2, -0.15) is 0 Å². The Morgan fingerprint density at radius 3 is 2.21 bits per heavy atom. The van der Waals surface area contributed by atoms with E-state index in [0.717, 1.165) is 30.5 Å². The second kappa shape index (κ2) is 13.9. The van der Waals surface area contributed by atoms with E-state index in [4.69, 9.17) is 0 Å². The first-order valence-corrected chi connectivity index (χ1v) is 9.76. The van der Waals surface area contributed by atoms with Crippen LogP contribution < -0.4 is 16.0 Å². The predicted molar refractivity (Wildman–Crippen MR) is 127 cm³/mol. The summed E-state index contributed by atoms with van der Waals surface area (Å²) >= 11 is 0. The molecule has 3 N–H and O–H groups in total. The lowest BCUT2D eigenvalue weighted by Crippen LogP contribution is -2.36. The monoisotopic (exact) mass is 512 g/mol. The van der Waals surface area contributed by atoms with Crippen LogP contribution in [0.5, 0.6) is 0 Å². The normalized spacial score (nSPS) is 10.8. The molecule has 158 valence electrons. The van der Waals surface area contributed by atoms with Gasteiger partial charge in [-0.05, 0) is 48.7 Å². The number of halogens is 2. The largest absolute Gasteiger partial charge is 0.357 e. The summed E-state index contributed by atoms with van der Waals surface area (Å²) in [7, 11) is 0. The van der Waals surface area contributed by atoms with Crippen molar-refractivity contribution in [2.45, 2.75) is 39.8 Å². The van der Waals surface area contributed by atoms with Crippen LogP contribution in [0.1, 0.15) is 48.2 Å². The van der Waals surface area contributed by atoms with Crippen molar-refractivity contribution in [3.8, 4) is 0 Å². The first kappa shape index (κ1) is 24.9. The minimum atomic E-state index is -0.244. The smallest absolute Gasteiger partial charge is 0.251 e. The van der Waals surface area contributed by atoms with Gasteiger partial charge >= 0.3 is 0 Å². The molecule has 2 rings (SSSR count). The Morgan fingerprint density at radius 2 is 1.59 bits per heavy atom. The molecule has 29 heavy (non-hydrogen) atoms. The van der Waals surface area contributed by atoms with Crippen LogP contribution in [0.2, 0.25) is 0 Å². The van der Waals surface area contributed by atoms with Crippen molar-refractivity contribution < 1.29 is 9.18 Å². The molecule has 0 spiro atoms. The van der Waals surface area contributed by atoms with Crippen molar-refractivity contribution in [2.75, 3.05) is 13.1 Å². The van der Waals surface area contributed by atoms with E-state index in [2.05, 4.69) is 27.9 Å². The summed E-state index contributed by atoms with van der Waals surface area (Å²) in [5.41, 5.74) is 2.65. The predicted octanol–water partition coefficient (Wildman–Crippen LogP) is 4.23. The number of guanidine groups is 1. The van der Waals surface area contributed by atoms with Crippen molar-refractivity contribution in [3.63, 3.8) is 0 Å². The Morgan fingerprint density at radius 1 is 0.931 bits per heavy atom. The SMILES string of the molecule is CCCCNC(=O)c1ccc(CN=C(NCC)NCc2ccc(F)cc2)cc1.I. The molecule has 0 saturated carbocycles.